The lowest BCUT2D eigenvalue weighted by Gasteiger charge is -2.39. The highest BCUT2D eigenvalue weighted by molar-refractivity contribution is 5.84. The zero-order valence-electron chi connectivity index (χ0n) is 8.44. The van der Waals surface area contributed by atoms with Gasteiger partial charge in [0, 0.05) is 0 Å². The van der Waals surface area contributed by atoms with Gasteiger partial charge in [-0.05, 0) is 32.1 Å². The minimum atomic E-state index is -0.504. The molecule has 1 aliphatic rings. The summed E-state index contributed by atoms with van der Waals surface area (Å²) in [7, 11) is 0. The molecule has 12 heavy (non-hydrogen) atoms. The van der Waals surface area contributed by atoms with E-state index in [1.807, 2.05) is 6.92 Å². The third-order valence-electron chi connectivity index (χ3n) is 2.81. The van der Waals surface area contributed by atoms with E-state index in [9.17, 15) is 4.79 Å². The summed E-state index contributed by atoms with van der Waals surface area (Å²) in [6, 6.07) is 0. The van der Waals surface area contributed by atoms with Gasteiger partial charge in [0.2, 0.25) is 0 Å². The maximum absolute atomic E-state index is 11.2. The van der Waals surface area contributed by atoms with Crippen molar-refractivity contribution in [1.29, 1.82) is 0 Å². The Balaban J connectivity index is 2.62. The topological polar surface area (TPSA) is 26.3 Å². The van der Waals surface area contributed by atoms with Crippen LogP contribution in [0.15, 0.2) is 0 Å². The lowest BCUT2D eigenvalue weighted by atomic mass is 9.80. The Morgan fingerprint density at radius 1 is 1.25 bits per heavy atom. The fourth-order valence-corrected chi connectivity index (χ4v) is 1.35. The molecule has 70 valence electrons. The Morgan fingerprint density at radius 2 is 1.83 bits per heavy atom. The monoisotopic (exact) mass is 170 g/mol. The molecule has 0 aliphatic carbocycles. The van der Waals surface area contributed by atoms with Crippen LogP contribution in [-0.4, -0.2) is 18.0 Å². The molecule has 0 spiro atoms. The number of ketones is 1. The zero-order valence-corrected chi connectivity index (χ0v) is 8.44. The van der Waals surface area contributed by atoms with Crippen molar-refractivity contribution >= 4 is 5.78 Å². The third kappa shape index (κ3) is 1.86. The average Bonchev–Trinajstić information content (AvgIpc) is 1.96. The molecule has 1 atom stereocenters. The zero-order chi connectivity index (χ0) is 9.41. The van der Waals surface area contributed by atoms with Crippen molar-refractivity contribution in [3.8, 4) is 0 Å². The van der Waals surface area contributed by atoms with Crippen molar-refractivity contribution in [3.05, 3.63) is 0 Å². The van der Waals surface area contributed by atoms with Crippen molar-refractivity contribution in [2.45, 2.75) is 46.1 Å². The summed E-state index contributed by atoms with van der Waals surface area (Å²) in [6.45, 7) is 8.55. The standard InChI is InChI=1S/C10H18O2/c1-8(11)10(4)6-5-9(2,3)7-12-10/h5-7H2,1-4H3. The van der Waals surface area contributed by atoms with Gasteiger partial charge in [-0.1, -0.05) is 13.8 Å². The van der Waals surface area contributed by atoms with Gasteiger partial charge in [0.05, 0.1) is 6.61 Å². The maximum atomic E-state index is 11.2. The first kappa shape index (κ1) is 9.72. The van der Waals surface area contributed by atoms with Crippen molar-refractivity contribution < 1.29 is 9.53 Å². The highest BCUT2D eigenvalue weighted by Gasteiger charge is 2.38. The van der Waals surface area contributed by atoms with E-state index in [1.165, 1.54) is 0 Å². The van der Waals surface area contributed by atoms with Crippen molar-refractivity contribution in [2.24, 2.45) is 5.41 Å². The molecule has 0 aromatic heterocycles. The quantitative estimate of drug-likeness (QED) is 0.603. The summed E-state index contributed by atoms with van der Waals surface area (Å²) in [5.41, 5.74) is -0.259. The number of Topliss-reactive ketones (excluding diaryl/α,β-unsaturated/α-hetero) is 1. The molecule has 1 unspecified atom stereocenters. The van der Waals surface area contributed by atoms with Gasteiger partial charge in [0.15, 0.2) is 5.78 Å². The van der Waals surface area contributed by atoms with Crippen molar-refractivity contribution in [1.82, 2.24) is 0 Å². The molecule has 0 aromatic carbocycles. The van der Waals surface area contributed by atoms with E-state index >= 15 is 0 Å². The number of rotatable bonds is 1. The van der Waals surface area contributed by atoms with Crippen LogP contribution in [0.2, 0.25) is 0 Å². The normalized spacial score (nSPS) is 34.7. The largest absolute Gasteiger partial charge is 0.367 e. The van der Waals surface area contributed by atoms with Gasteiger partial charge in [-0.3, -0.25) is 4.79 Å². The van der Waals surface area contributed by atoms with E-state index in [4.69, 9.17) is 4.74 Å². The maximum Gasteiger partial charge on any atom is 0.161 e. The molecule has 0 N–H and O–H groups in total. The third-order valence-corrected chi connectivity index (χ3v) is 2.81. The molecule has 2 nitrogen and oxygen atoms in total. The molecule has 1 saturated heterocycles. The highest BCUT2D eigenvalue weighted by Crippen LogP contribution is 2.35. The Bertz CT molecular complexity index is 184. The first-order valence-corrected chi connectivity index (χ1v) is 4.51. The molecule has 0 amide bonds. The first-order chi connectivity index (χ1) is 5.36. The molecule has 1 heterocycles. The Kier molecular flexibility index (Phi) is 2.30. The highest BCUT2D eigenvalue weighted by atomic mass is 16.5. The molecule has 1 rings (SSSR count). The van der Waals surface area contributed by atoms with Gasteiger partial charge < -0.3 is 4.74 Å². The summed E-state index contributed by atoms with van der Waals surface area (Å²) < 4.78 is 5.59. The van der Waals surface area contributed by atoms with E-state index in [0.29, 0.717) is 6.61 Å². The molecule has 2 heteroatoms. The lowest BCUT2D eigenvalue weighted by molar-refractivity contribution is -0.156. The molecular weight excluding hydrogens is 152 g/mol. The first-order valence-electron chi connectivity index (χ1n) is 4.51. The van der Waals surface area contributed by atoms with E-state index < -0.39 is 5.60 Å². The van der Waals surface area contributed by atoms with Crippen molar-refractivity contribution in [2.75, 3.05) is 6.61 Å². The number of carbonyl (C=O) groups is 1. The summed E-state index contributed by atoms with van der Waals surface area (Å²) in [5.74, 6) is 0.151. The fraction of sp³-hybridized carbons (Fsp3) is 0.900. The van der Waals surface area contributed by atoms with E-state index in [0.717, 1.165) is 12.8 Å². The van der Waals surface area contributed by atoms with Crippen LogP contribution >= 0.6 is 0 Å². The second-order valence-corrected chi connectivity index (χ2v) is 4.74. The van der Waals surface area contributed by atoms with Crippen LogP contribution in [0.4, 0.5) is 0 Å². The van der Waals surface area contributed by atoms with Gasteiger partial charge in [-0.25, -0.2) is 0 Å². The fourth-order valence-electron chi connectivity index (χ4n) is 1.35. The molecule has 1 fully saturated rings. The van der Waals surface area contributed by atoms with Crippen molar-refractivity contribution in [3.63, 3.8) is 0 Å². The molecule has 0 radical (unpaired) electrons. The predicted octanol–water partition coefficient (Wildman–Crippen LogP) is 2.17. The van der Waals surface area contributed by atoms with Crippen LogP contribution < -0.4 is 0 Å². The second-order valence-electron chi connectivity index (χ2n) is 4.74. The van der Waals surface area contributed by atoms with Crippen LogP contribution in [0.1, 0.15) is 40.5 Å². The predicted molar refractivity (Wildman–Crippen MR) is 48.1 cm³/mol. The summed E-state index contributed by atoms with van der Waals surface area (Å²) in [6.07, 6.45) is 1.93. The van der Waals surface area contributed by atoms with E-state index in [1.54, 1.807) is 6.92 Å². The molecule has 0 saturated carbocycles. The SMILES string of the molecule is CC(=O)C1(C)CCC(C)(C)CO1. The minimum Gasteiger partial charge on any atom is -0.367 e. The Labute approximate surface area is 74.3 Å². The molecule has 0 bridgehead atoms. The van der Waals surface area contributed by atoms with Crippen LogP contribution in [0.5, 0.6) is 0 Å². The number of carbonyl (C=O) groups excluding carboxylic acids is 1. The Morgan fingerprint density at radius 3 is 2.17 bits per heavy atom. The Hall–Kier alpha value is -0.370. The van der Waals surface area contributed by atoms with Crippen LogP contribution in [0.3, 0.4) is 0 Å². The minimum absolute atomic E-state index is 0.151. The molecule has 0 aromatic rings. The van der Waals surface area contributed by atoms with Gasteiger partial charge in [-0.2, -0.15) is 0 Å². The van der Waals surface area contributed by atoms with E-state index in [2.05, 4.69) is 13.8 Å². The second kappa shape index (κ2) is 2.84. The average molecular weight is 170 g/mol. The number of ether oxygens (including phenoxy) is 1. The molecule has 1 aliphatic heterocycles. The smallest absolute Gasteiger partial charge is 0.161 e. The van der Waals surface area contributed by atoms with Gasteiger partial charge in [0.1, 0.15) is 5.60 Å². The summed E-state index contributed by atoms with van der Waals surface area (Å²) in [4.78, 5) is 11.2. The van der Waals surface area contributed by atoms with Gasteiger partial charge >= 0.3 is 0 Å². The van der Waals surface area contributed by atoms with Gasteiger partial charge in [-0.15, -0.1) is 0 Å². The van der Waals surface area contributed by atoms with Gasteiger partial charge in [0.25, 0.3) is 0 Å². The number of hydrogen-bond acceptors (Lipinski definition) is 2. The van der Waals surface area contributed by atoms with Crippen LogP contribution in [0, 0.1) is 5.41 Å². The summed E-state index contributed by atoms with van der Waals surface area (Å²) >= 11 is 0. The number of hydrogen-bond donors (Lipinski definition) is 0. The summed E-state index contributed by atoms with van der Waals surface area (Å²) in [5, 5.41) is 0. The lowest BCUT2D eigenvalue weighted by Crippen LogP contribution is -2.45. The van der Waals surface area contributed by atoms with E-state index in [-0.39, 0.29) is 11.2 Å². The van der Waals surface area contributed by atoms with Crippen LogP contribution in [0.25, 0.3) is 0 Å². The van der Waals surface area contributed by atoms with Crippen LogP contribution in [-0.2, 0) is 9.53 Å². The molecular formula is C10H18O2.